The van der Waals surface area contributed by atoms with E-state index in [1.807, 2.05) is 18.2 Å². The van der Waals surface area contributed by atoms with Crippen LogP contribution in [0.3, 0.4) is 0 Å². The molecule has 2 N–H and O–H groups in total. The normalized spacial score (nSPS) is 14.6. The summed E-state index contributed by atoms with van der Waals surface area (Å²) in [6.45, 7) is 8.75. The second-order valence-electron chi connectivity index (χ2n) is 5.51. The summed E-state index contributed by atoms with van der Waals surface area (Å²) in [6, 6.07) is 10.7. The summed E-state index contributed by atoms with van der Waals surface area (Å²) in [7, 11) is 1.80. The van der Waals surface area contributed by atoms with E-state index in [0.29, 0.717) is 18.6 Å². The van der Waals surface area contributed by atoms with Gasteiger partial charge in [0.25, 0.3) is 0 Å². The molecule has 1 rings (SSSR count). The largest absolute Gasteiger partial charge is 0.376 e. The van der Waals surface area contributed by atoms with Gasteiger partial charge >= 0.3 is 0 Å². The van der Waals surface area contributed by atoms with Crippen molar-refractivity contribution < 1.29 is 4.74 Å². The van der Waals surface area contributed by atoms with Crippen LogP contribution in [0.4, 0.5) is 0 Å². The van der Waals surface area contributed by atoms with Crippen LogP contribution in [0.1, 0.15) is 32.8 Å². The van der Waals surface area contributed by atoms with Crippen molar-refractivity contribution in [1.29, 1.82) is 0 Å². The minimum absolute atomic E-state index is 0.431. The van der Waals surface area contributed by atoms with Crippen molar-refractivity contribution in [2.24, 2.45) is 10.9 Å². The van der Waals surface area contributed by atoms with Gasteiger partial charge in [-0.1, -0.05) is 44.2 Å². The van der Waals surface area contributed by atoms with Gasteiger partial charge in [-0.2, -0.15) is 0 Å². The molecule has 4 heteroatoms. The minimum atomic E-state index is 0.431. The zero-order valence-electron chi connectivity index (χ0n) is 13.7. The number of hydrogen-bond acceptors (Lipinski definition) is 2. The van der Waals surface area contributed by atoms with Crippen molar-refractivity contribution in [2.45, 2.75) is 39.8 Å². The van der Waals surface area contributed by atoms with Gasteiger partial charge in [0.15, 0.2) is 5.96 Å². The molecule has 21 heavy (non-hydrogen) atoms. The highest BCUT2D eigenvalue weighted by Crippen LogP contribution is 2.02. The van der Waals surface area contributed by atoms with Gasteiger partial charge in [0.1, 0.15) is 0 Å². The van der Waals surface area contributed by atoms with E-state index in [-0.39, 0.29) is 0 Å². The summed E-state index contributed by atoms with van der Waals surface area (Å²) in [5.74, 6) is 1.29. The fourth-order valence-electron chi connectivity index (χ4n) is 1.81. The Morgan fingerprint density at radius 2 is 1.95 bits per heavy atom. The van der Waals surface area contributed by atoms with Crippen LogP contribution in [-0.4, -0.2) is 32.2 Å². The van der Waals surface area contributed by atoms with Crippen LogP contribution in [0.15, 0.2) is 35.3 Å². The molecule has 2 atom stereocenters. The van der Waals surface area contributed by atoms with Crippen molar-refractivity contribution in [2.75, 3.05) is 20.2 Å². The van der Waals surface area contributed by atoms with E-state index >= 15 is 0 Å². The third-order valence-corrected chi connectivity index (χ3v) is 3.35. The minimum Gasteiger partial charge on any atom is -0.376 e. The molecule has 0 saturated carbocycles. The molecular formula is C17H29N3O. The topological polar surface area (TPSA) is 45.7 Å². The lowest BCUT2D eigenvalue weighted by Crippen LogP contribution is -2.43. The quantitative estimate of drug-likeness (QED) is 0.572. The number of hydrogen-bond donors (Lipinski definition) is 2. The first-order chi connectivity index (χ1) is 10.2. The van der Waals surface area contributed by atoms with Crippen molar-refractivity contribution in [3.8, 4) is 0 Å². The molecule has 118 valence electrons. The average Bonchev–Trinajstić information content (AvgIpc) is 2.52. The highest BCUT2D eigenvalue weighted by atomic mass is 16.5. The van der Waals surface area contributed by atoms with Crippen molar-refractivity contribution in [3.63, 3.8) is 0 Å². The van der Waals surface area contributed by atoms with Gasteiger partial charge < -0.3 is 15.4 Å². The van der Waals surface area contributed by atoms with E-state index in [9.17, 15) is 0 Å². The summed E-state index contributed by atoms with van der Waals surface area (Å²) in [6.07, 6.45) is 1.08. The fourth-order valence-corrected chi connectivity index (χ4v) is 1.81. The van der Waals surface area contributed by atoms with Crippen LogP contribution >= 0.6 is 0 Å². The summed E-state index contributed by atoms with van der Waals surface area (Å²) in [5, 5.41) is 6.69. The molecule has 4 nitrogen and oxygen atoms in total. The molecule has 0 radical (unpaired) electrons. The van der Waals surface area contributed by atoms with Crippen LogP contribution < -0.4 is 10.6 Å². The number of nitrogens with one attached hydrogen (secondary N) is 2. The first kappa shape index (κ1) is 17.5. The lowest BCUT2D eigenvalue weighted by atomic mass is 10.2. The van der Waals surface area contributed by atoms with Crippen LogP contribution in [0.2, 0.25) is 0 Å². The monoisotopic (exact) mass is 291 g/mol. The Kier molecular flexibility index (Phi) is 8.51. The van der Waals surface area contributed by atoms with E-state index in [2.05, 4.69) is 48.5 Å². The van der Waals surface area contributed by atoms with Gasteiger partial charge in [0, 0.05) is 19.6 Å². The smallest absolute Gasteiger partial charge is 0.191 e. The van der Waals surface area contributed by atoms with Gasteiger partial charge in [-0.15, -0.1) is 0 Å². The van der Waals surface area contributed by atoms with Crippen molar-refractivity contribution >= 4 is 5.96 Å². The second-order valence-corrected chi connectivity index (χ2v) is 5.51. The molecule has 1 aromatic carbocycles. The van der Waals surface area contributed by atoms with Gasteiger partial charge in [0.05, 0.1) is 13.2 Å². The van der Waals surface area contributed by atoms with Crippen LogP contribution in [0.25, 0.3) is 0 Å². The summed E-state index contributed by atoms with van der Waals surface area (Å²) >= 11 is 0. The molecule has 0 bridgehead atoms. The zero-order chi connectivity index (χ0) is 15.5. The third kappa shape index (κ3) is 7.71. The van der Waals surface area contributed by atoms with Gasteiger partial charge in [-0.25, -0.2) is 0 Å². The SMILES string of the molecule is CCC(C)NC(=NC)NCC(C)COCc1ccccc1. The molecule has 0 heterocycles. The molecule has 0 amide bonds. The van der Waals surface area contributed by atoms with E-state index in [1.54, 1.807) is 7.05 Å². The number of rotatable bonds is 8. The lowest BCUT2D eigenvalue weighted by molar-refractivity contribution is 0.0931. The molecule has 1 aromatic rings. The van der Waals surface area contributed by atoms with Gasteiger partial charge in [0.2, 0.25) is 0 Å². The zero-order valence-corrected chi connectivity index (χ0v) is 13.7. The lowest BCUT2D eigenvalue weighted by Gasteiger charge is -2.19. The maximum absolute atomic E-state index is 5.75. The summed E-state index contributed by atoms with van der Waals surface area (Å²) in [5.41, 5.74) is 1.21. The average molecular weight is 291 g/mol. The van der Waals surface area contributed by atoms with Crippen LogP contribution in [0, 0.1) is 5.92 Å². The van der Waals surface area contributed by atoms with Gasteiger partial charge in [-0.3, -0.25) is 4.99 Å². The Morgan fingerprint density at radius 3 is 2.57 bits per heavy atom. The summed E-state index contributed by atoms with van der Waals surface area (Å²) < 4.78 is 5.75. The molecule has 0 aliphatic carbocycles. The highest BCUT2D eigenvalue weighted by molar-refractivity contribution is 5.79. The third-order valence-electron chi connectivity index (χ3n) is 3.35. The Balaban J connectivity index is 2.19. The standard InChI is InChI=1S/C17H29N3O/c1-5-15(3)20-17(18-4)19-11-14(2)12-21-13-16-9-7-6-8-10-16/h6-10,14-15H,5,11-13H2,1-4H3,(H2,18,19,20). The van der Waals surface area contributed by atoms with E-state index in [1.165, 1.54) is 5.56 Å². The maximum Gasteiger partial charge on any atom is 0.191 e. The predicted octanol–water partition coefficient (Wildman–Crippen LogP) is 2.80. The molecule has 0 aliphatic heterocycles. The van der Waals surface area contributed by atoms with E-state index in [4.69, 9.17) is 4.74 Å². The Morgan fingerprint density at radius 1 is 1.24 bits per heavy atom. The Hall–Kier alpha value is -1.55. The maximum atomic E-state index is 5.75. The van der Waals surface area contributed by atoms with E-state index < -0.39 is 0 Å². The van der Waals surface area contributed by atoms with Crippen molar-refractivity contribution in [1.82, 2.24) is 10.6 Å². The number of aliphatic imine (C=N–C) groups is 1. The number of nitrogens with zero attached hydrogens (tertiary/aromatic N) is 1. The molecule has 0 aromatic heterocycles. The first-order valence-electron chi connectivity index (χ1n) is 7.74. The Bertz CT molecular complexity index is 406. The number of ether oxygens (including phenoxy) is 1. The Labute approximate surface area is 129 Å². The fraction of sp³-hybridized carbons (Fsp3) is 0.588. The van der Waals surface area contributed by atoms with Gasteiger partial charge in [-0.05, 0) is 24.8 Å². The highest BCUT2D eigenvalue weighted by Gasteiger charge is 2.06. The predicted molar refractivity (Wildman–Crippen MR) is 89.5 cm³/mol. The van der Waals surface area contributed by atoms with E-state index in [0.717, 1.165) is 25.5 Å². The molecule has 2 unspecified atom stereocenters. The van der Waals surface area contributed by atoms with Crippen LogP contribution in [-0.2, 0) is 11.3 Å². The second kappa shape index (κ2) is 10.2. The molecule has 0 saturated heterocycles. The summed E-state index contributed by atoms with van der Waals surface area (Å²) in [4.78, 5) is 4.23. The molecule has 0 aliphatic rings. The molecule has 0 fully saturated rings. The molecule has 0 spiro atoms. The molecular weight excluding hydrogens is 262 g/mol. The number of benzene rings is 1. The van der Waals surface area contributed by atoms with Crippen LogP contribution in [0.5, 0.6) is 0 Å². The first-order valence-corrected chi connectivity index (χ1v) is 7.74. The van der Waals surface area contributed by atoms with Crippen molar-refractivity contribution in [3.05, 3.63) is 35.9 Å². The number of guanidine groups is 1.